The van der Waals surface area contributed by atoms with Gasteiger partial charge in [-0.25, -0.2) is 0 Å². The number of carbonyl (C=O) groups is 1. The van der Waals surface area contributed by atoms with E-state index < -0.39 is 24.6 Å². The van der Waals surface area contributed by atoms with Crippen LogP contribution in [0, 0.1) is 6.92 Å². The molecule has 4 nitrogen and oxygen atoms in total. The van der Waals surface area contributed by atoms with Crippen LogP contribution in [-0.4, -0.2) is 59.3 Å². The van der Waals surface area contributed by atoms with E-state index in [9.17, 15) is 23.1 Å². The van der Waals surface area contributed by atoms with Crippen LogP contribution >= 0.6 is 0 Å². The van der Waals surface area contributed by atoms with E-state index in [2.05, 4.69) is 0 Å². The average molecular weight is 344 g/mol. The van der Waals surface area contributed by atoms with Crippen molar-refractivity contribution in [2.45, 2.75) is 38.1 Å². The highest BCUT2D eigenvalue weighted by molar-refractivity contribution is 5.78. The number of rotatable bonds is 4. The highest BCUT2D eigenvalue weighted by Crippen LogP contribution is 2.38. The standard InChI is InChI=1S/C17H23F3N2O2/c1-13-5-3-4-6-14(13)11-21(2)15(23)12-22-9-7-16(24,8-10-22)17(18,19)20/h3-6,24H,7-12H2,1-2H3. The molecule has 0 bridgehead atoms. The Balaban J connectivity index is 1.86. The van der Waals surface area contributed by atoms with E-state index in [1.54, 1.807) is 16.8 Å². The van der Waals surface area contributed by atoms with Gasteiger partial charge in [0, 0.05) is 26.7 Å². The van der Waals surface area contributed by atoms with Crippen molar-refractivity contribution in [1.82, 2.24) is 9.80 Å². The second-order valence-corrected chi connectivity index (χ2v) is 6.48. The fourth-order valence-corrected chi connectivity index (χ4v) is 2.81. The molecule has 0 saturated carbocycles. The molecule has 0 atom stereocenters. The van der Waals surface area contributed by atoms with Crippen molar-refractivity contribution in [3.05, 3.63) is 35.4 Å². The van der Waals surface area contributed by atoms with Crippen molar-refractivity contribution in [2.24, 2.45) is 0 Å². The molecule has 1 aromatic carbocycles. The molecular weight excluding hydrogens is 321 g/mol. The first-order chi connectivity index (χ1) is 11.1. The molecule has 1 saturated heterocycles. The summed E-state index contributed by atoms with van der Waals surface area (Å²) in [6, 6.07) is 7.75. The first kappa shape index (κ1) is 18.7. The molecule has 1 aliphatic rings. The van der Waals surface area contributed by atoms with E-state index in [-0.39, 0.29) is 25.5 Å². The monoisotopic (exact) mass is 344 g/mol. The number of aryl methyl sites for hydroxylation is 1. The minimum atomic E-state index is -4.62. The van der Waals surface area contributed by atoms with E-state index in [1.165, 1.54) is 0 Å². The number of hydrogen-bond acceptors (Lipinski definition) is 3. The summed E-state index contributed by atoms with van der Waals surface area (Å²) < 4.78 is 38.3. The van der Waals surface area contributed by atoms with Gasteiger partial charge in [-0.05, 0) is 30.9 Å². The van der Waals surface area contributed by atoms with Crippen molar-refractivity contribution in [3.63, 3.8) is 0 Å². The number of halogens is 3. The van der Waals surface area contributed by atoms with Gasteiger partial charge in [-0.1, -0.05) is 24.3 Å². The molecule has 0 unspecified atom stereocenters. The summed E-state index contributed by atoms with van der Waals surface area (Å²) in [5, 5.41) is 9.65. The predicted molar refractivity (Wildman–Crippen MR) is 84.3 cm³/mol. The number of piperidine rings is 1. The molecule has 2 rings (SSSR count). The summed E-state index contributed by atoms with van der Waals surface area (Å²) in [7, 11) is 1.69. The topological polar surface area (TPSA) is 43.8 Å². The average Bonchev–Trinajstić information content (AvgIpc) is 2.50. The molecule has 1 fully saturated rings. The molecular formula is C17H23F3N2O2. The van der Waals surface area contributed by atoms with Gasteiger partial charge in [-0.3, -0.25) is 9.69 Å². The number of likely N-dealkylation sites (tertiary alicyclic amines) is 1. The van der Waals surface area contributed by atoms with Gasteiger partial charge < -0.3 is 10.0 Å². The lowest BCUT2D eigenvalue weighted by atomic mass is 9.91. The van der Waals surface area contributed by atoms with Crippen LogP contribution in [0.4, 0.5) is 13.2 Å². The quantitative estimate of drug-likeness (QED) is 0.912. The number of aliphatic hydroxyl groups is 1. The molecule has 7 heteroatoms. The Bertz CT molecular complexity index is 581. The van der Waals surface area contributed by atoms with Crippen molar-refractivity contribution in [3.8, 4) is 0 Å². The summed E-state index contributed by atoms with van der Waals surface area (Å²) in [4.78, 5) is 15.5. The van der Waals surface area contributed by atoms with Crippen LogP contribution in [0.5, 0.6) is 0 Å². The molecule has 0 spiro atoms. The van der Waals surface area contributed by atoms with E-state index in [1.807, 2.05) is 31.2 Å². The van der Waals surface area contributed by atoms with Crippen molar-refractivity contribution in [1.29, 1.82) is 0 Å². The first-order valence-electron chi connectivity index (χ1n) is 7.92. The molecule has 24 heavy (non-hydrogen) atoms. The molecule has 1 aliphatic heterocycles. The van der Waals surface area contributed by atoms with Gasteiger partial charge in [0.25, 0.3) is 0 Å². The highest BCUT2D eigenvalue weighted by Gasteiger charge is 2.54. The normalized spacial score (nSPS) is 18.4. The van der Waals surface area contributed by atoms with Gasteiger partial charge in [-0.2, -0.15) is 13.2 Å². The number of hydrogen-bond donors (Lipinski definition) is 1. The zero-order valence-corrected chi connectivity index (χ0v) is 13.9. The zero-order chi connectivity index (χ0) is 18.0. The number of benzene rings is 1. The van der Waals surface area contributed by atoms with Crippen molar-refractivity contribution < 1.29 is 23.1 Å². The van der Waals surface area contributed by atoms with Crippen molar-refractivity contribution >= 4 is 5.91 Å². The van der Waals surface area contributed by atoms with Gasteiger partial charge in [0.2, 0.25) is 5.91 Å². The van der Waals surface area contributed by atoms with Crippen LogP contribution in [0.25, 0.3) is 0 Å². The van der Waals surface area contributed by atoms with Crippen LogP contribution < -0.4 is 0 Å². The van der Waals surface area contributed by atoms with Gasteiger partial charge >= 0.3 is 6.18 Å². The minimum Gasteiger partial charge on any atom is -0.380 e. The maximum Gasteiger partial charge on any atom is 0.417 e. The Morgan fingerprint density at radius 3 is 2.42 bits per heavy atom. The third kappa shape index (κ3) is 4.27. The number of amides is 1. The maximum absolute atomic E-state index is 12.8. The smallest absolute Gasteiger partial charge is 0.380 e. The second kappa shape index (κ2) is 7.11. The molecule has 1 aromatic rings. The minimum absolute atomic E-state index is 0.0555. The molecule has 134 valence electrons. The third-order valence-corrected chi connectivity index (χ3v) is 4.66. The molecule has 0 aromatic heterocycles. The van der Waals surface area contributed by atoms with E-state index >= 15 is 0 Å². The summed E-state index contributed by atoms with van der Waals surface area (Å²) in [6.07, 6.45) is -5.42. The Hall–Kier alpha value is -1.60. The van der Waals surface area contributed by atoms with E-state index in [4.69, 9.17) is 0 Å². The lowest BCUT2D eigenvalue weighted by Crippen LogP contribution is -2.54. The fraction of sp³-hybridized carbons (Fsp3) is 0.588. The summed E-state index contributed by atoms with van der Waals surface area (Å²) in [5.41, 5.74) is -0.497. The van der Waals surface area contributed by atoms with Crippen LogP contribution in [0.1, 0.15) is 24.0 Å². The lowest BCUT2D eigenvalue weighted by Gasteiger charge is -2.39. The predicted octanol–water partition coefficient (Wildman–Crippen LogP) is 2.34. The molecule has 1 N–H and O–H groups in total. The molecule has 0 aliphatic carbocycles. The molecule has 0 radical (unpaired) electrons. The lowest BCUT2D eigenvalue weighted by molar-refractivity contribution is -0.272. The summed E-state index contributed by atoms with van der Waals surface area (Å²) in [6.45, 7) is 2.61. The van der Waals surface area contributed by atoms with Crippen LogP contribution in [-0.2, 0) is 11.3 Å². The van der Waals surface area contributed by atoms with Crippen LogP contribution in [0.3, 0.4) is 0 Å². The van der Waals surface area contributed by atoms with Gasteiger partial charge in [0.05, 0.1) is 6.54 Å². The van der Waals surface area contributed by atoms with Gasteiger partial charge in [0.1, 0.15) is 0 Å². The van der Waals surface area contributed by atoms with E-state index in [0.717, 1.165) is 11.1 Å². The van der Waals surface area contributed by atoms with E-state index in [0.29, 0.717) is 6.54 Å². The zero-order valence-electron chi connectivity index (χ0n) is 13.9. The third-order valence-electron chi connectivity index (χ3n) is 4.66. The Kier molecular flexibility index (Phi) is 5.55. The number of nitrogens with zero attached hydrogens (tertiary/aromatic N) is 2. The summed E-state index contributed by atoms with van der Waals surface area (Å²) >= 11 is 0. The number of alkyl halides is 3. The van der Waals surface area contributed by atoms with Gasteiger partial charge in [0.15, 0.2) is 5.60 Å². The highest BCUT2D eigenvalue weighted by atomic mass is 19.4. The first-order valence-corrected chi connectivity index (χ1v) is 7.92. The van der Waals surface area contributed by atoms with Crippen LogP contribution in [0.15, 0.2) is 24.3 Å². The Morgan fingerprint density at radius 1 is 1.29 bits per heavy atom. The van der Waals surface area contributed by atoms with Crippen LogP contribution in [0.2, 0.25) is 0 Å². The maximum atomic E-state index is 12.8. The Morgan fingerprint density at radius 2 is 1.88 bits per heavy atom. The number of likely N-dealkylation sites (N-methyl/N-ethyl adjacent to an activating group) is 1. The second-order valence-electron chi connectivity index (χ2n) is 6.48. The Labute approximate surface area is 139 Å². The number of carbonyl (C=O) groups excluding carboxylic acids is 1. The molecule has 1 heterocycles. The SMILES string of the molecule is Cc1ccccc1CN(C)C(=O)CN1CCC(O)(C(F)(F)F)CC1. The largest absolute Gasteiger partial charge is 0.417 e. The van der Waals surface area contributed by atoms with Crippen molar-refractivity contribution in [2.75, 3.05) is 26.7 Å². The molecule has 1 amide bonds. The van der Waals surface area contributed by atoms with Gasteiger partial charge in [-0.15, -0.1) is 0 Å². The summed E-state index contributed by atoms with van der Waals surface area (Å²) in [5.74, 6) is -0.143. The fourth-order valence-electron chi connectivity index (χ4n) is 2.81.